The van der Waals surface area contributed by atoms with Crippen molar-refractivity contribution in [2.24, 2.45) is 16.8 Å². The Kier molecular flexibility index (Phi) is 4.69. The van der Waals surface area contributed by atoms with Gasteiger partial charge in [-0.3, -0.25) is 0 Å². The lowest BCUT2D eigenvalue weighted by atomic mass is 9.81. The van der Waals surface area contributed by atoms with Gasteiger partial charge in [-0.25, -0.2) is 4.79 Å². The summed E-state index contributed by atoms with van der Waals surface area (Å²) in [4.78, 5) is 15.2. The van der Waals surface area contributed by atoms with Crippen LogP contribution in [0.15, 0.2) is 4.99 Å². The molecule has 17 heavy (non-hydrogen) atoms. The molecule has 1 aliphatic carbocycles. The first-order chi connectivity index (χ1) is 7.78. The van der Waals surface area contributed by atoms with Crippen LogP contribution >= 0.6 is 0 Å². The molecular weight excluding hydrogens is 218 g/mol. The molecule has 0 aliphatic heterocycles. The van der Waals surface area contributed by atoms with Gasteiger partial charge in [0.15, 0.2) is 0 Å². The van der Waals surface area contributed by atoms with E-state index in [1.165, 1.54) is 0 Å². The van der Waals surface area contributed by atoms with Crippen LogP contribution in [-0.2, 0) is 4.74 Å². The van der Waals surface area contributed by atoms with E-state index in [1.807, 2.05) is 27.7 Å². The molecule has 0 saturated heterocycles. The smallest absolute Gasteiger partial charge is 0.433 e. The van der Waals surface area contributed by atoms with Crippen molar-refractivity contribution >= 4 is 12.3 Å². The second kappa shape index (κ2) is 5.63. The molecule has 1 saturated carbocycles. The van der Waals surface area contributed by atoms with Gasteiger partial charge in [-0.05, 0) is 51.9 Å². The van der Waals surface area contributed by atoms with Gasteiger partial charge in [0, 0.05) is 6.21 Å². The molecule has 0 unspecified atom stereocenters. The van der Waals surface area contributed by atoms with E-state index in [0.29, 0.717) is 12.3 Å². The first kappa shape index (κ1) is 14.2. The summed E-state index contributed by atoms with van der Waals surface area (Å²) in [5.74, 6) is 0.537. The van der Waals surface area contributed by atoms with Crippen molar-refractivity contribution < 1.29 is 14.6 Å². The molecule has 0 aromatic rings. The normalized spacial score (nSPS) is 30.5. The number of rotatable bonds is 1. The fraction of sp³-hybridized carbons (Fsp3) is 0.846. The van der Waals surface area contributed by atoms with Crippen LogP contribution in [0, 0.1) is 11.8 Å². The summed E-state index contributed by atoms with van der Waals surface area (Å²) < 4.78 is 5.08. The van der Waals surface area contributed by atoms with Gasteiger partial charge in [-0.1, -0.05) is 6.92 Å². The molecule has 1 aliphatic rings. The summed E-state index contributed by atoms with van der Waals surface area (Å²) in [6, 6.07) is 0. The summed E-state index contributed by atoms with van der Waals surface area (Å²) in [5.41, 5.74) is -0.505. The van der Waals surface area contributed by atoms with Crippen LogP contribution in [0.4, 0.5) is 4.79 Å². The summed E-state index contributed by atoms with van der Waals surface area (Å²) >= 11 is 0. The lowest BCUT2D eigenvalue weighted by Gasteiger charge is -2.28. The highest BCUT2D eigenvalue weighted by Crippen LogP contribution is 2.27. The first-order valence-electron chi connectivity index (χ1n) is 6.23. The Morgan fingerprint density at radius 1 is 1.41 bits per heavy atom. The van der Waals surface area contributed by atoms with Gasteiger partial charge in [-0.2, -0.15) is 4.99 Å². The number of amides is 1. The Hall–Kier alpha value is -0.900. The Morgan fingerprint density at radius 3 is 2.59 bits per heavy atom. The fourth-order valence-electron chi connectivity index (χ4n) is 1.92. The minimum atomic E-state index is -0.550. The van der Waals surface area contributed by atoms with Crippen LogP contribution in [0.5, 0.6) is 0 Å². The average molecular weight is 241 g/mol. The third-order valence-electron chi connectivity index (χ3n) is 2.98. The number of carbonyl (C=O) groups excluding carboxylic acids is 1. The zero-order valence-corrected chi connectivity index (χ0v) is 11.1. The van der Waals surface area contributed by atoms with Crippen LogP contribution in [0.3, 0.4) is 0 Å². The van der Waals surface area contributed by atoms with Gasteiger partial charge >= 0.3 is 6.09 Å². The SMILES string of the molecule is C[C@@H]1CC[C@H](C=NC(=O)OC(C)(C)C)C[C@H]1O. The zero-order valence-electron chi connectivity index (χ0n) is 11.1. The van der Waals surface area contributed by atoms with Crippen molar-refractivity contribution in [3.05, 3.63) is 0 Å². The van der Waals surface area contributed by atoms with Gasteiger partial charge in [0.2, 0.25) is 0 Å². The number of hydrogen-bond acceptors (Lipinski definition) is 3. The van der Waals surface area contributed by atoms with Crippen LogP contribution in [-0.4, -0.2) is 29.1 Å². The minimum absolute atomic E-state index is 0.189. The fourth-order valence-corrected chi connectivity index (χ4v) is 1.92. The molecule has 1 fully saturated rings. The average Bonchev–Trinajstić information content (AvgIpc) is 2.17. The molecule has 1 rings (SSSR count). The van der Waals surface area contributed by atoms with Crippen molar-refractivity contribution in [1.82, 2.24) is 0 Å². The molecule has 0 spiro atoms. The molecule has 4 nitrogen and oxygen atoms in total. The summed E-state index contributed by atoms with van der Waals surface area (Å²) in [6.07, 6.45) is 3.44. The molecule has 1 N–H and O–H groups in total. The maximum absolute atomic E-state index is 11.4. The van der Waals surface area contributed by atoms with Crippen molar-refractivity contribution in [2.75, 3.05) is 0 Å². The molecule has 3 atom stereocenters. The Labute approximate surface area is 103 Å². The molecule has 0 aromatic carbocycles. The molecule has 1 amide bonds. The number of ether oxygens (including phenoxy) is 1. The monoisotopic (exact) mass is 241 g/mol. The van der Waals surface area contributed by atoms with Gasteiger partial charge in [0.25, 0.3) is 0 Å². The molecule has 0 aromatic heterocycles. The summed E-state index contributed by atoms with van der Waals surface area (Å²) in [6.45, 7) is 7.48. The Balaban J connectivity index is 2.41. The van der Waals surface area contributed by atoms with E-state index < -0.39 is 11.7 Å². The first-order valence-corrected chi connectivity index (χ1v) is 6.23. The van der Waals surface area contributed by atoms with E-state index in [1.54, 1.807) is 6.21 Å². The molecule has 0 bridgehead atoms. The highest BCUT2D eigenvalue weighted by molar-refractivity contribution is 5.80. The maximum Gasteiger partial charge on any atom is 0.433 e. The van der Waals surface area contributed by atoms with Crippen LogP contribution in [0.25, 0.3) is 0 Å². The van der Waals surface area contributed by atoms with E-state index >= 15 is 0 Å². The van der Waals surface area contributed by atoms with Gasteiger partial charge in [0.1, 0.15) is 5.60 Å². The van der Waals surface area contributed by atoms with Gasteiger partial charge < -0.3 is 9.84 Å². The van der Waals surface area contributed by atoms with E-state index in [2.05, 4.69) is 4.99 Å². The largest absolute Gasteiger partial charge is 0.442 e. The second-order valence-electron chi connectivity index (χ2n) is 5.88. The number of aliphatic imine (C=N–C) groups is 1. The lowest BCUT2D eigenvalue weighted by molar-refractivity contribution is 0.0592. The molecule has 0 radical (unpaired) electrons. The van der Waals surface area contributed by atoms with Crippen LogP contribution < -0.4 is 0 Å². The van der Waals surface area contributed by atoms with Crippen molar-refractivity contribution in [2.45, 2.75) is 58.7 Å². The molecule has 0 heterocycles. The number of nitrogens with zero attached hydrogens (tertiary/aromatic N) is 1. The number of aliphatic hydroxyl groups is 1. The molecule has 98 valence electrons. The topological polar surface area (TPSA) is 58.9 Å². The third kappa shape index (κ3) is 5.31. The highest BCUT2D eigenvalue weighted by Gasteiger charge is 2.25. The zero-order chi connectivity index (χ0) is 13.1. The van der Waals surface area contributed by atoms with Gasteiger partial charge in [-0.15, -0.1) is 0 Å². The quantitative estimate of drug-likeness (QED) is 0.718. The minimum Gasteiger partial charge on any atom is -0.442 e. The number of hydrogen-bond donors (Lipinski definition) is 1. The highest BCUT2D eigenvalue weighted by atomic mass is 16.6. The predicted molar refractivity (Wildman–Crippen MR) is 67.2 cm³/mol. The molecular formula is C13H23NO3. The van der Waals surface area contributed by atoms with E-state index in [4.69, 9.17) is 4.74 Å². The Bertz CT molecular complexity index is 294. The third-order valence-corrected chi connectivity index (χ3v) is 2.98. The summed E-state index contributed by atoms with van der Waals surface area (Å²) in [7, 11) is 0. The van der Waals surface area contributed by atoms with Crippen LogP contribution in [0.2, 0.25) is 0 Å². The Morgan fingerprint density at radius 2 is 2.06 bits per heavy atom. The van der Waals surface area contributed by atoms with Crippen LogP contribution in [0.1, 0.15) is 47.0 Å². The van der Waals surface area contributed by atoms with Gasteiger partial charge in [0.05, 0.1) is 6.10 Å². The van der Waals surface area contributed by atoms with Crippen molar-refractivity contribution in [1.29, 1.82) is 0 Å². The second-order valence-corrected chi connectivity index (χ2v) is 5.88. The number of aliphatic hydroxyl groups excluding tert-OH is 1. The maximum atomic E-state index is 11.4. The standard InChI is InChI=1S/C13H23NO3/c1-9-5-6-10(7-11(9)15)8-14-12(16)17-13(2,3)4/h8-11,15H,5-7H2,1-4H3/t9-,10+,11-/m1/s1. The molecule has 4 heteroatoms. The summed E-state index contributed by atoms with van der Waals surface area (Å²) in [5, 5.41) is 9.72. The lowest BCUT2D eigenvalue weighted by Crippen LogP contribution is -2.28. The number of carbonyl (C=O) groups is 1. The van der Waals surface area contributed by atoms with E-state index in [0.717, 1.165) is 12.8 Å². The van der Waals surface area contributed by atoms with Crippen molar-refractivity contribution in [3.63, 3.8) is 0 Å². The van der Waals surface area contributed by atoms with Crippen molar-refractivity contribution in [3.8, 4) is 0 Å². The predicted octanol–water partition coefficient (Wildman–Crippen LogP) is 2.79. The van der Waals surface area contributed by atoms with E-state index in [-0.39, 0.29) is 12.0 Å². The van der Waals surface area contributed by atoms with E-state index in [9.17, 15) is 9.90 Å².